The topological polar surface area (TPSA) is 30.5 Å². The number of hydrogen-bond donors (Lipinski definition) is 1. The minimum atomic E-state index is 0.240. The van der Waals surface area contributed by atoms with Crippen molar-refractivity contribution in [2.45, 2.75) is 26.5 Å². The first-order valence-corrected chi connectivity index (χ1v) is 6.61. The molecule has 1 unspecified atom stereocenters. The summed E-state index contributed by atoms with van der Waals surface area (Å²) in [5.74, 6) is 0.878. The fourth-order valence-electron chi connectivity index (χ4n) is 1.57. The van der Waals surface area contributed by atoms with Crippen LogP contribution in [0.3, 0.4) is 0 Å². The summed E-state index contributed by atoms with van der Waals surface area (Å²) in [6.45, 7) is 6.48. The van der Waals surface area contributed by atoms with Gasteiger partial charge in [0.05, 0.1) is 13.2 Å². The summed E-state index contributed by atoms with van der Waals surface area (Å²) in [5.41, 5.74) is 1.19. The average Bonchev–Trinajstić information content (AvgIpc) is 2.32. The zero-order chi connectivity index (χ0) is 12.7. The van der Waals surface area contributed by atoms with Crippen molar-refractivity contribution >= 4 is 15.9 Å². The number of methoxy groups -OCH3 is 1. The van der Waals surface area contributed by atoms with Gasteiger partial charge in [-0.15, -0.1) is 0 Å². The summed E-state index contributed by atoms with van der Waals surface area (Å²) in [4.78, 5) is 0. The Bertz CT molecular complexity index is 344. The van der Waals surface area contributed by atoms with E-state index < -0.39 is 0 Å². The number of hydrogen-bond acceptors (Lipinski definition) is 3. The molecule has 96 valence electrons. The van der Waals surface area contributed by atoms with Crippen molar-refractivity contribution in [1.29, 1.82) is 0 Å². The first-order chi connectivity index (χ1) is 8.17. The second-order valence-electron chi connectivity index (χ2n) is 3.85. The van der Waals surface area contributed by atoms with Crippen molar-refractivity contribution in [3.8, 4) is 5.75 Å². The molecule has 0 radical (unpaired) electrons. The van der Waals surface area contributed by atoms with Crippen LogP contribution in [0.1, 0.15) is 19.4 Å². The second-order valence-corrected chi connectivity index (χ2v) is 4.71. The van der Waals surface area contributed by atoms with Crippen LogP contribution < -0.4 is 10.1 Å². The lowest BCUT2D eigenvalue weighted by atomic mass is 10.2. The summed E-state index contributed by atoms with van der Waals surface area (Å²) < 4.78 is 11.8. The van der Waals surface area contributed by atoms with Gasteiger partial charge in [0, 0.05) is 24.2 Å². The predicted molar refractivity (Wildman–Crippen MR) is 73.5 cm³/mol. The number of rotatable bonds is 7. The van der Waals surface area contributed by atoms with Gasteiger partial charge in [0.25, 0.3) is 0 Å². The highest BCUT2D eigenvalue weighted by atomic mass is 79.9. The SMILES string of the molecule is CCOC(C)CNCc1cc(OC)ccc1Br. The van der Waals surface area contributed by atoms with Gasteiger partial charge in [0.15, 0.2) is 0 Å². The number of benzene rings is 1. The average molecular weight is 302 g/mol. The van der Waals surface area contributed by atoms with E-state index in [1.807, 2.05) is 25.1 Å². The fourth-order valence-corrected chi connectivity index (χ4v) is 1.95. The monoisotopic (exact) mass is 301 g/mol. The second kappa shape index (κ2) is 7.69. The van der Waals surface area contributed by atoms with Gasteiger partial charge in [-0.05, 0) is 37.6 Å². The molecule has 4 heteroatoms. The summed E-state index contributed by atoms with van der Waals surface area (Å²) in [6, 6.07) is 5.97. The van der Waals surface area contributed by atoms with Crippen LogP contribution in [0.25, 0.3) is 0 Å². The molecule has 0 aromatic heterocycles. The summed E-state index contributed by atoms with van der Waals surface area (Å²) in [7, 11) is 1.68. The molecule has 1 rings (SSSR count). The Morgan fingerprint density at radius 2 is 2.18 bits per heavy atom. The highest BCUT2D eigenvalue weighted by molar-refractivity contribution is 9.10. The third-order valence-electron chi connectivity index (χ3n) is 2.45. The fraction of sp³-hybridized carbons (Fsp3) is 0.538. The quantitative estimate of drug-likeness (QED) is 0.840. The number of ether oxygens (including phenoxy) is 2. The van der Waals surface area contributed by atoms with Crippen LogP contribution in [0.4, 0.5) is 0 Å². The van der Waals surface area contributed by atoms with Crippen LogP contribution in [-0.2, 0) is 11.3 Å². The molecule has 0 amide bonds. The first kappa shape index (κ1) is 14.5. The zero-order valence-corrected chi connectivity index (χ0v) is 12.2. The Balaban J connectivity index is 2.45. The van der Waals surface area contributed by atoms with Crippen LogP contribution in [0.2, 0.25) is 0 Å². The Hall–Kier alpha value is -0.580. The zero-order valence-electron chi connectivity index (χ0n) is 10.6. The Labute approximate surface area is 112 Å². The van der Waals surface area contributed by atoms with Gasteiger partial charge in [-0.3, -0.25) is 0 Å². The minimum absolute atomic E-state index is 0.240. The van der Waals surface area contributed by atoms with Crippen LogP contribution in [-0.4, -0.2) is 26.4 Å². The molecule has 0 aliphatic heterocycles. The van der Waals surface area contributed by atoms with Gasteiger partial charge in [-0.2, -0.15) is 0 Å². The molecule has 17 heavy (non-hydrogen) atoms. The van der Waals surface area contributed by atoms with Gasteiger partial charge >= 0.3 is 0 Å². The van der Waals surface area contributed by atoms with Crippen molar-refractivity contribution in [3.05, 3.63) is 28.2 Å². The Kier molecular flexibility index (Phi) is 6.55. The lowest BCUT2D eigenvalue weighted by Crippen LogP contribution is -2.26. The van der Waals surface area contributed by atoms with Crippen LogP contribution in [0.15, 0.2) is 22.7 Å². The van der Waals surface area contributed by atoms with E-state index >= 15 is 0 Å². The smallest absolute Gasteiger partial charge is 0.119 e. The molecule has 1 N–H and O–H groups in total. The number of nitrogens with one attached hydrogen (secondary N) is 1. The van der Waals surface area contributed by atoms with E-state index in [1.165, 1.54) is 5.56 Å². The molecule has 0 saturated carbocycles. The molecule has 3 nitrogen and oxygen atoms in total. The predicted octanol–water partition coefficient (Wildman–Crippen LogP) is 2.97. The Morgan fingerprint density at radius 1 is 1.41 bits per heavy atom. The summed E-state index contributed by atoms with van der Waals surface area (Å²) in [5, 5.41) is 3.37. The maximum atomic E-state index is 5.46. The highest BCUT2D eigenvalue weighted by Crippen LogP contribution is 2.22. The molecule has 0 bridgehead atoms. The van der Waals surface area contributed by atoms with E-state index in [0.29, 0.717) is 0 Å². The summed E-state index contributed by atoms with van der Waals surface area (Å²) in [6.07, 6.45) is 0.240. The molecule has 1 atom stereocenters. The summed E-state index contributed by atoms with van der Waals surface area (Å²) >= 11 is 3.53. The Morgan fingerprint density at radius 3 is 2.82 bits per heavy atom. The highest BCUT2D eigenvalue weighted by Gasteiger charge is 2.04. The van der Waals surface area contributed by atoms with Gasteiger partial charge in [0.1, 0.15) is 5.75 Å². The molecule has 1 aromatic carbocycles. The van der Waals surface area contributed by atoms with Crippen molar-refractivity contribution in [2.75, 3.05) is 20.3 Å². The molecule has 0 aliphatic carbocycles. The molecule has 0 heterocycles. The molecular formula is C13H20BrNO2. The van der Waals surface area contributed by atoms with Crippen molar-refractivity contribution in [3.63, 3.8) is 0 Å². The maximum Gasteiger partial charge on any atom is 0.119 e. The molecule has 1 aromatic rings. The number of halogens is 1. The van der Waals surface area contributed by atoms with Gasteiger partial charge in [-0.25, -0.2) is 0 Å². The van der Waals surface area contributed by atoms with E-state index in [2.05, 4.69) is 28.2 Å². The normalized spacial score (nSPS) is 12.5. The largest absolute Gasteiger partial charge is 0.497 e. The van der Waals surface area contributed by atoms with E-state index in [4.69, 9.17) is 9.47 Å². The molecule has 0 fully saturated rings. The minimum Gasteiger partial charge on any atom is -0.497 e. The van der Waals surface area contributed by atoms with Gasteiger partial charge in [0.2, 0.25) is 0 Å². The third kappa shape index (κ3) is 5.06. The molecule has 0 saturated heterocycles. The van der Waals surface area contributed by atoms with Crippen molar-refractivity contribution in [2.24, 2.45) is 0 Å². The molecular weight excluding hydrogens is 282 g/mol. The van der Waals surface area contributed by atoms with Crippen LogP contribution in [0.5, 0.6) is 5.75 Å². The van der Waals surface area contributed by atoms with Crippen molar-refractivity contribution < 1.29 is 9.47 Å². The molecule has 0 aliphatic rings. The lowest BCUT2D eigenvalue weighted by Gasteiger charge is -2.13. The standard InChI is InChI=1S/C13H20BrNO2/c1-4-17-10(2)8-15-9-11-7-12(16-3)5-6-13(11)14/h5-7,10,15H,4,8-9H2,1-3H3. The van der Waals surface area contributed by atoms with Gasteiger partial charge < -0.3 is 14.8 Å². The van der Waals surface area contributed by atoms with Crippen LogP contribution >= 0.6 is 15.9 Å². The van der Waals surface area contributed by atoms with Crippen LogP contribution in [0, 0.1) is 0 Å². The van der Waals surface area contributed by atoms with Gasteiger partial charge in [-0.1, -0.05) is 15.9 Å². The first-order valence-electron chi connectivity index (χ1n) is 5.82. The maximum absolute atomic E-state index is 5.46. The van der Waals surface area contributed by atoms with E-state index in [-0.39, 0.29) is 6.10 Å². The van der Waals surface area contributed by atoms with E-state index in [1.54, 1.807) is 7.11 Å². The van der Waals surface area contributed by atoms with E-state index in [0.717, 1.165) is 29.9 Å². The third-order valence-corrected chi connectivity index (χ3v) is 3.22. The molecule has 0 spiro atoms. The lowest BCUT2D eigenvalue weighted by molar-refractivity contribution is 0.0759. The van der Waals surface area contributed by atoms with Crippen molar-refractivity contribution in [1.82, 2.24) is 5.32 Å². The van der Waals surface area contributed by atoms with E-state index in [9.17, 15) is 0 Å².